The maximum Gasteiger partial charge on any atom is 0.255 e. The molecule has 0 bridgehead atoms. The van der Waals surface area contributed by atoms with Crippen molar-refractivity contribution < 1.29 is 34.4 Å². The number of allylic oxidation sites excluding steroid dienone is 2. The Morgan fingerprint density at radius 2 is 1.88 bits per heavy atom. The second-order valence-electron chi connectivity index (χ2n) is 11.2. The maximum atomic E-state index is 14.1. The molecule has 1 amide bonds. The predicted octanol–water partition coefficient (Wildman–Crippen LogP) is 2.87. The number of thiazole rings is 1. The lowest BCUT2D eigenvalue weighted by Gasteiger charge is -2.48. The van der Waals surface area contributed by atoms with Crippen LogP contribution in [0.3, 0.4) is 0 Å². The predicted molar refractivity (Wildman–Crippen MR) is 147 cm³/mol. The van der Waals surface area contributed by atoms with Crippen molar-refractivity contribution >= 4 is 34.6 Å². The lowest BCUT2D eigenvalue weighted by Crippen LogP contribution is -2.59. The maximum absolute atomic E-state index is 14.1. The van der Waals surface area contributed by atoms with E-state index in [9.17, 15) is 29.7 Å². The number of carbonyl (C=O) groups excluding carboxylic acids is 3. The molecule has 6 rings (SSSR count). The quantitative estimate of drug-likeness (QED) is 0.408. The number of aromatic nitrogens is 1. The van der Waals surface area contributed by atoms with Crippen LogP contribution in [0.4, 0.5) is 0 Å². The van der Waals surface area contributed by atoms with Crippen molar-refractivity contribution in [3.8, 4) is 16.3 Å². The van der Waals surface area contributed by atoms with Gasteiger partial charge < -0.3 is 25.8 Å². The molecule has 210 valence electrons. The molecule has 3 aliphatic carbocycles. The average molecular weight is 566 g/mol. The first-order valence-corrected chi connectivity index (χ1v) is 14.3. The molecule has 11 heteroatoms. The Balaban J connectivity index is 1.49. The Bertz CT molecular complexity index is 1500. The van der Waals surface area contributed by atoms with E-state index in [2.05, 4.69) is 13.8 Å². The van der Waals surface area contributed by atoms with Gasteiger partial charge in [0.05, 0.1) is 36.4 Å². The number of aliphatic hydroxyl groups excluding tert-OH is 2. The summed E-state index contributed by atoms with van der Waals surface area (Å²) < 4.78 is 5.46. The third kappa shape index (κ3) is 3.98. The minimum Gasteiger partial charge on any atom is -0.511 e. The molecule has 1 aromatic heterocycles. The van der Waals surface area contributed by atoms with Gasteiger partial charge in [-0.2, -0.15) is 0 Å². The molecule has 1 aromatic carbocycles. The summed E-state index contributed by atoms with van der Waals surface area (Å²) in [4.78, 5) is 46.6. The van der Waals surface area contributed by atoms with Crippen LogP contribution in [-0.4, -0.2) is 75.0 Å². The van der Waals surface area contributed by atoms with Crippen molar-refractivity contribution in [3.63, 3.8) is 0 Å². The SMILES string of the molecule is CC(C)c1csc(-c2ccc(O)c3c2C[C@H]2C[C@@H]4C(C(=O)C2=C3O)C(O)=C(C(N)=O)C(=O)[C@@H]4N2CCOCC2)n1. The number of ketones is 2. The minimum atomic E-state index is -1.21. The first-order valence-electron chi connectivity index (χ1n) is 13.5. The van der Waals surface area contributed by atoms with Crippen LogP contribution in [0.5, 0.6) is 5.75 Å². The average Bonchev–Trinajstić information content (AvgIpc) is 3.39. The fraction of sp³-hybridized carbons (Fsp3) is 0.448. The molecule has 0 spiro atoms. The zero-order chi connectivity index (χ0) is 28.5. The number of ether oxygens (including phenoxy) is 1. The summed E-state index contributed by atoms with van der Waals surface area (Å²) in [7, 11) is 0. The van der Waals surface area contributed by atoms with Crippen molar-refractivity contribution in [3.05, 3.63) is 51.2 Å². The molecule has 1 saturated carbocycles. The Kier molecular flexibility index (Phi) is 6.55. The van der Waals surface area contributed by atoms with Gasteiger partial charge in [0.25, 0.3) is 5.91 Å². The summed E-state index contributed by atoms with van der Waals surface area (Å²) in [6.45, 7) is 5.77. The van der Waals surface area contributed by atoms with Gasteiger partial charge >= 0.3 is 0 Å². The van der Waals surface area contributed by atoms with Crippen LogP contribution in [0.25, 0.3) is 16.3 Å². The summed E-state index contributed by atoms with van der Waals surface area (Å²) in [5.74, 6) is -5.45. The number of rotatable bonds is 4. The molecule has 2 aromatic rings. The van der Waals surface area contributed by atoms with Gasteiger partial charge in [0.15, 0.2) is 11.6 Å². The number of primary amides is 1. The fourth-order valence-corrected chi connectivity index (χ4v) is 7.84. The number of benzene rings is 1. The van der Waals surface area contributed by atoms with Gasteiger partial charge in [0.2, 0.25) is 0 Å². The third-order valence-corrected chi connectivity index (χ3v) is 9.57. The van der Waals surface area contributed by atoms with Crippen molar-refractivity contribution in [2.75, 3.05) is 26.3 Å². The van der Waals surface area contributed by atoms with Crippen LogP contribution < -0.4 is 5.73 Å². The number of amides is 1. The van der Waals surface area contributed by atoms with E-state index < -0.39 is 52.6 Å². The Labute approximate surface area is 234 Å². The van der Waals surface area contributed by atoms with E-state index in [1.807, 2.05) is 10.3 Å². The topological polar surface area (TPSA) is 163 Å². The van der Waals surface area contributed by atoms with Crippen molar-refractivity contribution in [2.45, 2.75) is 38.6 Å². The molecule has 10 nitrogen and oxygen atoms in total. The van der Waals surface area contributed by atoms with Gasteiger partial charge in [-0.3, -0.25) is 19.3 Å². The summed E-state index contributed by atoms with van der Waals surface area (Å²) >= 11 is 1.48. The fourth-order valence-electron chi connectivity index (χ4n) is 6.81. The molecule has 1 saturated heterocycles. The highest BCUT2D eigenvalue weighted by Gasteiger charge is 2.56. The number of phenolic OH excluding ortho intramolecular Hbond substituents is 1. The molecule has 1 aliphatic heterocycles. The van der Waals surface area contributed by atoms with E-state index in [-0.39, 0.29) is 28.6 Å². The standard InChI is InChI=1S/C29H31N3O7S/c1-12(2)17-11-40-29(31-17)14-3-4-18(33)20-15(14)9-13-10-16-21(25(35)19(13)24(20)34)26(36)22(28(30)38)27(37)23(16)32-5-7-39-8-6-32/h3-4,11-13,16,21,23,33-34,36H,5-10H2,1-2H3,(H2,30,38)/t13-,16+,21?,23+/m0/s1. The molecule has 1 unspecified atom stereocenters. The van der Waals surface area contributed by atoms with Crippen LogP contribution in [0, 0.1) is 17.8 Å². The van der Waals surface area contributed by atoms with E-state index in [1.54, 1.807) is 6.07 Å². The molecular formula is C29H31N3O7S. The summed E-state index contributed by atoms with van der Waals surface area (Å²) in [6, 6.07) is 2.42. The van der Waals surface area contributed by atoms with E-state index in [0.29, 0.717) is 44.7 Å². The van der Waals surface area contributed by atoms with Crippen LogP contribution in [0.2, 0.25) is 0 Å². The molecule has 5 N–H and O–H groups in total. The monoisotopic (exact) mass is 565 g/mol. The smallest absolute Gasteiger partial charge is 0.255 e. The van der Waals surface area contributed by atoms with E-state index in [4.69, 9.17) is 15.5 Å². The minimum absolute atomic E-state index is 0.0913. The second kappa shape index (κ2) is 9.83. The Morgan fingerprint density at radius 1 is 1.15 bits per heavy atom. The van der Waals surface area contributed by atoms with Gasteiger partial charge in [-0.15, -0.1) is 11.3 Å². The molecule has 2 heterocycles. The Morgan fingerprint density at radius 3 is 2.52 bits per heavy atom. The largest absolute Gasteiger partial charge is 0.511 e. The van der Waals surface area contributed by atoms with Crippen LogP contribution in [0.1, 0.15) is 43.0 Å². The highest BCUT2D eigenvalue weighted by molar-refractivity contribution is 7.13. The first kappa shape index (κ1) is 26.7. The number of hydrogen-bond donors (Lipinski definition) is 4. The van der Waals surface area contributed by atoms with Crippen LogP contribution in [0.15, 0.2) is 34.4 Å². The number of carbonyl (C=O) groups is 3. The molecule has 4 atom stereocenters. The van der Waals surface area contributed by atoms with Gasteiger partial charge in [0.1, 0.15) is 27.8 Å². The number of Topliss-reactive ketones (excluding diaryl/α,β-unsaturated/α-hetero) is 2. The number of aliphatic hydroxyl groups is 2. The zero-order valence-electron chi connectivity index (χ0n) is 22.2. The molecule has 0 radical (unpaired) electrons. The molecule has 2 fully saturated rings. The summed E-state index contributed by atoms with van der Waals surface area (Å²) in [6.07, 6.45) is 0.643. The number of hydrogen-bond acceptors (Lipinski definition) is 10. The first-order chi connectivity index (χ1) is 19.1. The molecule has 4 aliphatic rings. The second-order valence-corrected chi connectivity index (χ2v) is 12.1. The van der Waals surface area contributed by atoms with Gasteiger partial charge in [-0.1, -0.05) is 13.8 Å². The summed E-state index contributed by atoms with van der Waals surface area (Å²) in [5, 5.41) is 36.1. The normalized spacial score (nSPS) is 27.1. The van der Waals surface area contributed by atoms with Crippen LogP contribution in [-0.2, 0) is 25.5 Å². The van der Waals surface area contributed by atoms with E-state index in [0.717, 1.165) is 16.3 Å². The Hall–Kier alpha value is -3.54. The van der Waals surface area contributed by atoms with E-state index in [1.165, 1.54) is 17.4 Å². The molecule has 40 heavy (non-hydrogen) atoms. The highest BCUT2D eigenvalue weighted by Crippen LogP contribution is 2.52. The third-order valence-electron chi connectivity index (χ3n) is 8.68. The number of aromatic hydroxyl groups is 1. The van der Waals surface area contributed by atoms with Crippen LogP contribution >= 0.6 is 11.3 Å². The van der Waals surface area contributed by atoms with Gasteiger partial charge in [0, 0.05) is 29.6 Å². The van der Waals surface area contributed by atoms with E-state index >= 15 is 0 Å². The number of morpholine rings is 1. The number of fused-ring (bicyclic) bond motifs is 3. The van der Waals surface area contributed by atoms with Gasteiger partial charge in [-0.05, 0) is 48.3 Å². The highest BCUT2D eigenvalue weighted by atomic mass is 32.1. The lowest BCUT2D eigenvalue weighted by molar-refractivity contribution is -0.135. The zero-order valence-corrected chi connectivity index (χ0v) is 23.0. The number of nitrogens with two attached hydrogens (primary N) is 1. The van der Waals surface area contributed by atoms with Crippen molar-refractivity contribution in [1.29, 1.82) is 0 Å². The van der Waals surface area contributed by atoms with Crippen molar-refractivity contribution in [2.24, 2.45) is 23.5 Å². The van der Waals surface area contributed by atoms with Gasteiger partial charge in [-0.25, -0.2) is 4.98 Å². The lowest BCUT2D eigenvalue weighted by atomic mass is 9.59. The van der Waals surface area contributed by atoms with Crippen molar-refractivity contribution in [1.82, 2.24) is 9.88 Å². The number of nitrogens with zero attached hydrogens (tertiary/aromatic N) is 2. The number of phenols is 1. The molecular weight excluding hydrogens is 534 g/mol. The summed E-state index contributed by atoms with van der Waals surface area (Å²) in [5.41, 5.74) is 7.61.